The minimum Gasteiger partial charge on any atom is -0.355 e. The molecule has 0 aromatic heterocycles. The number of benzene rings is 1. The number of hydrogen-bond acceptors (Lipinski definition) is 3. The predicted octanol–water partition coefficient (Wildman–Crippen LogP) is 0.890. The zero-order valence-electron chi connectivity index (χ0n) is 11.2. The van der Waals surface area contributed by atoms with Crippen molar-refractivity contribution < 1.29 is 13.2 Å². The van der Waals surface area contributed by atoms with E-state index in [1.165, 1.54) is 4.31 Å². The molecule has 1 N–H and O–H groups in total. The summed E-state index contributed by atoms with van der Waals surface area (Å²) in [5, 5.41) is 3.51. The molecule has 1 saturated heterocycles. The lowest BCUT2D eigenvalue weighted by Crippen LogP contribution is -2.55. The molecule has 1 fully saturated rings. The van der Waals surface area contributed by atoms with Crippen molar-refractivity contribution in [3.8, 4) is 0 Å². The lowest BCUT2D eigenvalue weighted by molar-refractivity contribution is -0.128. The summed E-state index contributed by atoms with van der Waals surface area (Å²) >= 11 is 5.79. The largest absolute Gasteiger partial charge is 0.355 e. The number of nitrogens with zero attached hydrogens (tertiary/aromatic N) is 1. The number of rotatable bonds is 5. The van der Waals surface area contributed by atoms with Crippen molar-refractivity contribution in [2.75, 3.05) is 25.9 Å². The topological polar surface area (TPSA) is 66.5 Å². The highest BCUT2D eigenvalue weighted by atomic mass is 35.5. The molecule has 7 heteroatoms. The highest BCUT2D eigenvalue weighted by Crippen LogP contribution is 2.18. The summed E-state index contributed by atoms with van der Waals surface area (Å²) < 4.78 is 23.7. The molecule has 5 nitrogen and oxygen atoms in total. The zero-order chi connectivity index (χ0) is 14.8. The van der Waals surface area contributed by atoms with Crippen molar-refractivity contribution in [3.05, 3.63) is 34.9 Å². The first kappa shape index (κ1) is 15.3. The number of amides is 1. The molecule has 0 spiro atoms. The van der Waals surface area contributed by atoms with Crippen molar-refractivity contribution in [2.24, 2.45) is 5.92 Å². The Kier molecular flexibility index (Phi) is 4.67. The molecule has 1 aliphatic rings. The van der Waals surface area contributed by atoms with Crippen molar-refractivity contribution in [1.82, 2.24) is 9.62 Å². The van der Waals surface area contributed by atoms with Gasteiger partial charge in [0.2, 0.25) is 15.9 Å². The Labute approximate surface area is 124 Å². The van der Waals surface area contributed by atoms with E-state index >= 15 is 0 Å². The Balaban J connectivity index is 1.70. The molecule has 1 aromatic carbocycles. The van der Waals surface area contributed by atoms with Crippen LogP contribution in [0.4, 0.5) is 0 Å². The first-order chi connectivity index (χ1) is 9.36. The molecule has 0 radical (unpaired) electrons. The first-order valence-electron chi connectivity index (χ1n) is 6.33. The van der Waals surface area contributed by atoms with Crippen molar-refractivity contribution in [3.63, 3.8) is 0 Å². The molecule has 110 valence electrons. The number of nitrogens with one attached hydrogen (secondary N) is 1. The lowest BCUT2D eigenvalue weighted by Gasteiger charge is -2.35. The number of carbonyl (C=O) groups excluding carboxylic acids is 1. The second-order valence-corrected chi connectivity index (χ2v) is 7.36. The molecular weight excluding hydrogens is 300 g/mol. The van der Waals surface area contributed by atoms with Gasteiger partial charge in [-0.25, -0.2) is 12.7 Å². The van der Waals surface area contributed by atoms with Gasteiger partial charge in [0.1, 0.15) is 0 Å². The normalized spacial score (nSPS) is 16.7. The summed E-state index contributed by atoms with van der Waals surface area (Å²) in [6, 6.07) is 7.47. The smallest absolute Gasteiger partial charge is 0.225 e. The molecule has 1 amide bonds. The molecule has 20 heavy (non-hydrogen) atoms. The van der Waals surface area contributed by atoms with Gasteiger partial charge in [-0.1, -0.05) is 23.7 Å². The molecule has 0 saturated carbocycles. The van der Waals surface area contributed by atoms with Gasteiger partial charge in [-0.2, -0.15) is 0 Å². The lowest BCUT2D eigenvalue weighted by atomic mass is 10.0. The number of halogens is 1. The van der Waals surface area contributed by atoms with Crippen molar-refractivity contribution >= 4 is 27.5 Å². The Morgan fingerprint density at radius 1 is 1.35 bits per heavy atom. The first-order valence-corrected chi connectivity index (χ1v) is 8.56. The fourth-order valence-electron chi connectivity index (χ4n) is 2.00. The third kappa shape index (κ3) is 3.94. The van der Waals surface area contributed by atoms with E-state index in [2.05, 4.69) is 5.32 Å². The van der Waals surface area contributed by atoms with Crippen LogP contribution < -0.4 is 5.32 Å². The highest BCUT2D eigenvalue weighted by molar-refractivity contribution is 7.88. The molecule has 2 rings (SSSR count). The summed E-state index contributed by atoms with van der Waals surface area (Å²) in [6.45, 7) is 1.10. The van der Waals surface area contributed by atoms with E-state index in [-0.39, 0.29) is 24.9 Å². The van der Waals surface area contributed by atoms with Gasteiger partial charge in [0.05, 0.1) is 12.2 Å². The van der Waals surface area contributed by atoms with E-state index in [4.69, 9.17) is 11.6 Å². The van der Waals surface area contributed by atoms with Crippen LogP contribution in [0.2, 0.25) is 5.02 Å². The van der Waals surface area contributed by atoms with E-state index in [9.17, 15) is 13.2 Å². The summed E-state index contributed by atoms with van der Waals surface area (Å²) in [7, 11) is -3.16. The molecule has 0 aliphatic carbocycles. The molecule has 1 aliphatic heterocycles. The van der Waals surface area contributed by atoms with Gasteiger partial charge in [-0.05, 0) is 24.1 Å². The quantitative estimate of drug-likeness (QED) is 0.877. The van der Waals surface area contributed by atoms with Crippen LogP contribution in [0.1, 0.15) is 5.56 Å². The van der Waals surface area contributed by atoms with Crippen molar-refractivity contribution in [1.29, 1.82) is 0 Å². The van der Waals surface area contributed by atoms with Gasteiger partial charge in [-0.3, -0.25) is 4.79 Å². The number of hydrogen-bond donors (Lipinski definition) is 1. The third-order valence-electron chi connectivity index (χ3n) is 3.31. The Hall–Kier alpha value is -1.11. The van der Waals surface area contributed by atoms with Crippen LogP contribution in [0.15, 0.2) is 24.3 Å². The van der Waals surface area contributed by atoms with Crippen LogP contribution in [0.3, 0.4) is 0 Å². The molecule has 1 aromatic rings. The van der Waals surface area contributed by atoms with Gasteiger partial charge >= 0.3 is 0 Å². The van der Waals surface area contributed by atoms with Crippen LogP contribution >= 0.6 is 11.6 Å². The fraction of sp³-hybridized carbons (Fsp3) is 0.462. The molecule has 0 atom stereocenters. The van der Waals surface area contributed by atoms with Crippen LogP contribution in [0.25, 0.3) is 0 Å². The van der Waals surface area contributed by atoms with Gasteiger partial charge in [-0.15, -0.1) is 0 Å². The van der Waals surface area contributed by atoms with Crippen LogP contribution in [0, 0.1) is 5.92 Å². The predicted molar refractivity (Wildman–Crippen MR) is 78.1 cm³/mol. The van der Waals surface area contributed by atoms with Gasteiger partial charge in [0.25, 0.3) is 0 Å². The fourth-order valence-corrected chi connectivity index (χ4v) is 3.03. The monoisotopic (exact) mass is 316 g/mol. The standard InChI is InChI=1S/C13H17ClN2O3S/c1-20(18,19)16-8-11(9-16)13(17)15-7-6-10-2-4-12(14)5-3-10/h2-5,11H,6-9H2,1H3,(H,15,17). The zero-order valence-corrected chi connectivity index (χ0v) is 12.7. The maximum Gasteiger partial charge on any atom is 0.225 e. The minimum atomic E-state index is -3.16. The van der Waals surface area contributed by atoms with Crippen LogP contribution in [-0.2, 0) is 21.2 Å². The van der Waals surface area contributed by atoms with Gasteiger partial charge < -0.3 is 5.32 Å². The van der Waals surface area contributed by atoms with Crippen LogP contribution in [-0.4, -0.2) is 44.5 Å². The van der Waals surface area contributed by atoms with Gasteiger partial charge in [0, 0.05) is 24.7 Å². The molecule has 0 unspecified atom stereocenters. The molecular formula is C13H17ClN2O3S. The maximum absolute atomic E-state index is 11.8. The van der Waals surface area contributed by atoms with Gasteiger partial charge in [0.15, 0.2) is 0 Å². The summed E-state index contributed by atoms with van der Waals surface area (Å²) in [5.41, 5.74) is 1.10. The Morgan fingerprint density at radius 2 is 1.95 bits per heavy atom. The average molecular weight is 317 g/mol. The minimum absolute atomic E-state index is 0.0844. The van der Waals surface area contributed by atoms with E-state index in [0.717, 1.165) is 18.2 Å². The highest BCUT2D eigenvalue weighted by Gasteiger charge is 2.37. The van der Waals surface area contributed by atoms with Crippen LogP contribution in [0.5, 0.6) is 0 Å². The molecule has 1 heterocycles. The van der Waals surface area contributed by atoms with Crippen molar-refractivity contribution in [2.45, 2.75) is 6.42 Å². The Morgan fingerprint density at radius 3 is 2.50 bits per heavy atom. The second-order valence-electron chi connectivity index (χ2n) is 4.94. The molecule has 0 bridgehead atoms. The second kappa shape index (κ2) is 6.11. The maximum atomic E-state index is 11.8. The summed E-state index contributed by atoms with van der Waals surface area (Å²) in [5.74, 6) is -0.311. The SMILES string of the molecule is CS(=O)(=O)N1CC(C(=O)NCCc2ccc(Cl)cc2)C1. The summed E-state index contributed by atoms with van der Waals surface area (Å²) in [4.78, 5) is 11.8. The van der Waals surface area contributed by atoms with E-state index in [1.54, 1.807) is 0 Å². The third-order valence-corrected chi connectivity index (χ3v) is 4.80. The van der Waals surface area contributed by atoms with E-state index in [1.807, 2.05) is 24.3 Å². The van der Waals surface area contributed by atoms with E-state index in [0.29, 0.717) is 11.6 Å². The Bertz CT molecular complexity index is 580. The average Bonchev–Trinajstić information content (AvgIpc) is 2.28. The van der Waals surface area contributed by atoms with E-state index < -0.39 is 10.0 Å². The summed E-state index contributed by atoms with van der Waals surface area (Å²) in [6.07, 6.45) is 1.88. The number of carbonyl (C=O) groups is 1. The number of sulfonamides is 1.